The average molecular weight is 330 g/mol. The largest absolute Gasteiger partial charge is 0.378 e. The summed E-state index contributed by atoms with van der Waals surface area (Å²) in [4.78, 5) is 0. The zero-order chi connectivity index (χ0) is 14.0. The Labute approximate surface area is 117 Å². The molecule has 0 saturated heterocycles. The maximum Gasteiger partial charge on any atom is 0.128 e. The predicted molar refractivity (Wildman–Crippen MR) is 72.5 cm³/mol. The van der Waals surface area contributed by atoms with Crippen molar-refractivity contribution in [2.24, 2.45) is 0 Å². The van der Waals surface area contributed by atoms with Crippen LogP contribution in [0.5, 0.6) is 0 Å². The monoisotopic (exact) mass is 329 g/mol. The van der Waals surface area contributed by atoms with Gasteiger partial charge in [-0.2, -0.15) is 0 Å². The molecule has 1 nitrogen and oxygen atoms in total. The fourth-order valence-electron chi connectivity index (χ4n) is 1.81. The van der Waals surface area contributed by atoms with Gasteiger partial charge in [-0.25, -0.2) is 13.2 Å². The van der Waals surface area contributed by atoms with E-state index in [1.807, 2.05) is 0 Å². The first-order valence-electron chi connectivity index (χ1n) is 5.63. The van der Waals surface area contributed by atoms with Gasteiger partial charge in [0.2, 0.25) is 0 Å². The first kappa shape index (κ1) is 13.9. The minimum atomic E-state index is -0.676. The van der Waals surface area contributed by atoms with E-state index >= 15 is 0 Å². The fraction of sp³-hybridized carbons (Fsp3) is 0.143. The lowest BCUT2D eigenvalue weighted by Crippen LogP contribution is -2.09. The van der Waals surface area contributed by atoms with Gasteiger partial charge in [0.05, 0.1) is 6.04 Å². The van der Waals surface area contributed by atoms with Gasteiger partial charge < -0.3 is 5.32 Å². The number of hydrogen-bond acceptors (Lipinski definition) is 1. The SMILES string of the molecule is CC(Nc1cc(F)cc(F)c1)c1cc(Br)ccc1F. The molecule has 5 heteroatoms. The van der Waals surface area contributed by atoms with Crippen molar-refractivity contribution in [2.75, 3.05) is 5.32 Å². The molecule has 0 fully saturated rings. The lowest BCUT2D eigenvalue weighted by molar-refractivity contribution is 0.582. The first-order valence-corrected chi connectivity index (χ1v) is 6.42. The molecule has 0 aliphatic carbocycles. The summed E-state index contributed by atoms with van der Waals surface area (Å²) in [6, 6.07) is 7.25. The Bertz CT molecular complexity index is 581. The zero-order valence-corrected chi connectivity index (χ0v) is 11.6. The molecule has 1 atom stereocenters. The van der Waals surface area contributed by atoms with E-state index in [2.05, 4.69) is 21.2 Å². The van der Waals surface area contributed by atoms with E-state index in [1.54, 1.807) is 19.1 Å². The van der Waals surface area contributed by atoms with Crippen molar-refractivity contribution in [3.8, 4) is 0 Å². The highest BCUT2D eigenvalue weighted by Crippen LogP contribution is 2.25. The van der Waals surface area contributed by atoms with Gasteiger partial charge >= 0.3 is 0 Å². The number of rotatable bonds is 3. The van der Waals surface area contributed by atoms with Crippen LogP contribution in [0, 0.1) is 17.5 Å². The van der Waals surface area contributed by atoms with E-state index < -0.39 is 17.7 Å². The molecule has 100 valence electrons. The van der Waals surface area contributed by atoms with Crippen molar-refractivity contribution in [1.29, 1.82) is 0 Å². The molecular weight excluding hydrogens is 319 g/mol. The Hall–Kier alpha value is -1.49. The van der Waals surface area contributed by atoms with Crippen molar-refractivity contribution < 1.29 is 13.2 Å². The molecule has 1 N–H and O–H groups in total. The molecule has 0 aliphatic heterocycles. The fourth-order valence-corrected chi connectivity index (χ4v) is 2.19. The number of nitrogens with one attached hydrogen (secondary N) is 1. The van der Waals surface area contributed by atoms with Crippen LogP contribution in [0.4, 0.5) is 18.9 Å². The first-order chi connectivity index (χ1) is 8.95. The van der Waals surface area contributed by atoms with Gasteiger partial charge in [0, 0.05) is 21.8 Å². The normalized spacial score (nSPS) is 12.3. The molecule has 0 amide bonds. The van der Waals surface area contributed by atoms with E-state index in [0.29, 0.717) is 5.56 Å². The second-order valence-electron chi connectivity index (χ2n) is 4.19. The van der Waals surface area contributed by atoms with E-state index in [0.717, 1.165) is 22.7 Å². The Balaban J connectivity index is 2.25. The van der Waals surface area contributed by atoms with Crippen molar-refractivity contribution in [3.05, 3.63) is 63.9 Å². The van der Waals surface area contributed by atoms with Gasteiger partial charge in [-0.3, -0.25) is 0 Å². The molecule has 2 rings (SSSR count). The van der Waals surface area contributed by atoms with Crippen LogP contribution in [0.1, 0.15) is 18.5 Å². The van der Waals surface area contributed by atoms with Crippen molar-refractivity contribution in [1.82, 2.24) is 0 Å². The second kappa shape index (κ2) is 5.65. The van der Waals surface area contributed by atoms with Crippen LogP contribution in [-0.4, -0.2) is 0 Å². The maximum atomic E-state index is 13.7. The zero-order valence-electron chi connectivity index (χ0n) is 10.1. The molecule has 1 unspecified atom stereocenters. The summed E-state index contributed by atoms with van der Waals surface area (Å²) < 4.78 is 40.5. The molecule has 0 bridgehead atoms. The molecule has 19 heavy (non-hydrogen) atoms. The lowest BCUT2D eigenvalue weighted by Gasteiger charge is -2.17. The summed E-state index contributed by atoms with van der Waals surface area (Å²) in [5.74, 6) is -1.73. The smallest absolute Gasteiger partial charge is 0.128 e. The van der Waals surface area contributed by atoms with Gasteiger partial charge in [0.15, 0.2) is 0 Å². The molecule has 0 saturated carbocycles. The number of hydrogen-bond donors (Lipinski definition) is 1. The molecule has 0 heterocycles. The quantitative estimate of drug-likeness (QED) is 0.831. The average Bonchev–Trinajstić information content (AvgIpc) is 2.30. The Morgan fingerprint density at radius 3 is 2.26 bits per heavy atom. The molecule has 0 spiro atoms. The number of halogens is 4. The molecule has 0 aromatic heterocycles. The molecule has 2 aromatic rings. The molecule has 0 radical (unpaired) electrons. The molecule has 2 aromatic carbocycles. The van der Waals surface area contributed by atoms with Crippen LogP contribution in [-0.2, 0) is 0 Å². The molecule has 0 aliphatic rings. The minimum absolute atomic E-state index is 0.268. The van der Waals surface area contributed by atoms with Crippen LogP contribution in [0.25, 0.3) is 0 Å². The van der Waals surface area contributed by atoms with Gasteiger partial charge in [0.25, 0.3) is 0 Å². The van der Waals surface area contributed by atoms with E-state index in [9.17, 15) is 13.2 Å². The van der Waals surface area contributed by atoms with E-state index in [4.69, 9.17) is 0 Å². The highest BCUT2D eigenvalue weighted by Gasteiger charge is 2.12. The van der Waals surface area contributed by atoms with Crippen molar-refractivity contribution in [2.45, 2.75) is 13.0 Å². The Morgan fingerprint density at radius 1 is 1.00 bits per heavy atom. The van der Waals surface area contributed by atoms with Crippen LogP contribution in [0.2, 0.25) is 0 Å². The van der Waals surface area contributed by atoms with Crippen LogP contribution >= 0.6 is 15.9 Å². The number of benzene rings is 2. The van der Waals surface area contributed by atoms with Crippen LogP contribution < -0.4 is 5.32 Å². The highest BCUT2D eigenvalue weighted by atomic mass is 79.9. The lowest BCUT2D eigenvalue weighted by atomic mass is 10.1. The van der Waals surface area contributed by atoms with Gasteiger partial charge in [-0.1, -0.05) is 15.9 Å². The third-order valence-corrected chi connectivity index (χ3v) is 3.16. The van der Waals surface area contributed by atoms with Crippen molar-refractivity contribution >= 4 is 21.6 Å². The molecular formula is C14H11BrF3N. The highest BCUT2D eigenvalue weighted by molar-refractivity contribution is 9.10. The Morgan fingerprint density at radius 2 is 1.63 bits per heavy atom. The topological polar surface area (TPSA) is 12.0 Å². The minimum Gasteiger partial charge on any atom is -0.378 e. The van der Waals surface area contributed by atoms with E-state index in [-0.39, 0.29) is 11.5 Å². The summed E-state index contributed by atoms with van der Waals surface area (Å²) in [6.07, 6.45) is 0. The third-order valence-electron chi connectivity index (χ3n) is 2.67. The van der Waals surface area contributed by atoms with Gasteiger partial charge in [-0.05, 0) is 37.3 Å². The standard InChI is InChI=1S/C14H11BrF3N/c1-8(13-4-9(15)2-3-14(13)18)19-12-6-10(16)5-11(17)7-12/h2-8,19H,1H3. The Kier molecular flexibility index (Phi) is 4.14. The summed E-state index contributed by atoms with van der Waals surface area (Å²) in [7, 11) is 0. The summed E-state index contributed by atoms with van der Waals surface area (Å²) in [6.45, 7) is 1.72. The van der Waals surface area contributed by atoms with E-state index in [1.165, 1.54) is 6.07 Å². The summed E-state index contributed by atoms with van der Waals surface area (Å²) in [5.41, 5.74) is 0.684. The second-order valence-corrected chi connectivity index (χ2v) is 5.11. The maximum absolute atomic E-state index is 13.7. The van der Waals surface area contributed by atoms with Gasteiger partial charge in [-0.15, -0.1) is 0 Å². The van der Waals surface area contributed by atoms with Crippen LogP contribution in [0.3, 0.4) is 0 Å². The van der Waals surface area contributed by atoms with Gasteiger partial charge in [0.1, 0.15) is 17.5 Å². The van der Waals surface area contributed by atoms with Crippen LogP contribution in [0.15, 0.2) is 40.9 Å². The number of anilines is 1. The predicted octanol–water partition coefficient (Wildman–Crippen LogP) is 5.04. The summed E-state index contributed by atoms with van der Waals surface area (Å²) in [5, 5.41) is 2.87. The van der Waals surface area contributed by atoms with Crippen molar-refractivity contribution in [3.63, 3.8) is 0 Å². The summed E-state index contributed by atoms with van der Waals surface area (Å²) >= 11 is 3.26. The third kappa shape index (κ3) is 3.50.